The summed E-state index contributed by atoms with van der Waals surface area (Å²) >= 11 is 11.5. The number of nitrogens with zero attached hydrogens (tertiary/aromatic N) is 2. The molecule has 100 valence electrons. The number of hydrogen-bond donors (Lipinski definition) is 1. The van der Waals surface area contributed by atoms with Crippen molar-refractivity contribution < 1.29 is 8.42 Å². The topological polar surface area (TPSA) is 72.0 Å². The largest absolute Gasteiger partial charge is 0.263 e. The van der Waals surface area contributed by atoms with Gasteiger partial charge in [0.2, 0.25) is 0 Å². The van der Waals surface area contributed by atoms with Gasteiger partial charge >= 0.3 is 0 Å². The fraction of sp³-hybridized carbons (Fsp3) is 0.0909. The predicted octanol–water partition coefficient (Wildman–Crippen LogP) is 2.89. The third-order valence-corrected chi connectivity index (χ3v) is 4.29. The van der Waals surface area contributed by atoms with Crippen LogP contribution in [-0.4, -0.2) is 18.6 Å². The minimum atomic E-state index is -3.75. The Kier molecular flexibility index (Phi) is 3.93. The molecule has 0 saturated heterocycles. The van der Waals surface area contributed by atoms with Crippen LogP contribution in [0.2, 0.25) is 10.2 Å². The van der Waals surface area contributed by atoms with Crippen molar-refractivity contribution in [2.75, 3.05) is 4.72 Å². The van der Waals surface area contributed by atoms with Gasteiger partial charge in [0.1, 0.15) is 0 Å². The van der Waals surface area contributed by atoms with Crippen molar-refractivity contribution in [3.63, 3.8) is 0 Å². The molecule has 2 rings (SSSR count). The first-order chi connectivity index (χ1) is 8.88. The van der Waals surface area contributed by atoms with Crippen LogP contribution in [0, 0.1) is 6.92 Å². The van der Waals surface area contributed by atoms with E-state index >= 15 is 0 Å². The second-order valence-electron chi connectivity index (χ2n) is 3.76. The molecule has 1 N–H and O–H groups in total. The van der Waals surface area contributed by atoms with Crippen molar-refractivity contribution in [3.8, 4) is 0 Å². The van der Waals surface area contributed by atoms with Crippen LogP contribution < -0.4 is 4.72 Å². The fourth-order valence-corrected chi connectivity index (χ4v) is 2.68. The summed E-state index contributed by atoms with van der Waals surface area (Å²) in [5, 5.41) is 7.74. The highest BCUT2D eigenvalue weighted by Crippen LogP contribution is 2.21. The summed E-state index contributed by atoms with van der Waals surface area (Å²) in [7, 11) is -3.75. The first-order valence-electron chi connectivity index (χ1n) is 5.17. The Morgan fingerprint density at radius 3 is 2.42 bits per heavy atom. The number of aromatic nitrogens is 2. The number of hydrogen-bond acceptors (Lipinski definition) is 4. The molecule has 0 aliphatic carbocycles. The van der Waals surface area contributed by atoms with Crippen LogP contribution >= 0.6 is 23.2 Å². The van der Waals surface area contributed by atoms with Gasteiger partial charge in [-0.05, 0) is 36.8 Å². The molecule has 5 nitrogen and oxygen atoms in total. The third-order valence-electron chi connectivity index (χ3n) is 2.32. The van der Waals surface area contributed by atoms with Crippen LogP contribution in [0.3, 0.4) is 0 Å². The van der Waals surface area contributed by atoms with Gasteiger partial charge in [-0.2, -0.15) is 0 Å². The fourth-order valence-electron chi connectivity index (χ4n) is 1.31. The molecule has 1 aromatic heterocycles. The lowest BCUT2D eigenvalue weighted by Crippen LogP contribution is -2.14. The van der Waals surface area contributed by atoms with E-state index in [0.29, 0.717) is 5.02 Å². The zero-order valence-corrected chi connectivity index (χ0v) is 12.1. The normalized spacial score (nSPS) is 11.3. The maximum absolute atomic E-state index is 12.1. The Balaban J connectivity index is 2.32. The van der Waals surface area contributed by atoms with Crippen LogP contribution in [0.25, 0.3) is 0 Å². The third kappa shape index (κ3) is 3.34. The Bertz CT molecular complexity index is 702. The smallest absolute Gasteiger partial charge is 0.262 e. The second-order valence-corrected chi connectivity index (χ2v) is 6.23. The van der Waals surface area contributed by atoms with Crippen molar-refractivity contribution in [3.05, 3.63) is 46.1 Å². The molecule has 0 aliphatic rings. The minimum absolute atomic E-state index is 0.0554. The SMILES string of the molecule is Cc1ccc(S(=O)(=O)Nc2ccc(Cl)nn2)cc1Cl. The molecule has 1 heterocycles. The van der Waals surface area contributed by atoms with E-state index < -0.39 is 10.0 Å². The molecule has 8 heteroatoms. The molecule has 1 aromatic carbocycles. The van der Waals surface area contributed by atoms with Crippen LogP contribution in [-0.2, 0) is 10.0 Å². The zero-order chi connectivity index (χ0) is 14.0. The number of benzene rings is 1. The average Bonchev–Trinajstić information content (AvgIpc) is 2.35. The van der Waals surface area contributed by atoms with Gasteiger partial charge < -0.3 is 0 Å². The van der Waals surface area contributed by atoms with Crippen LogP contribution in [0.1, 0.15) is 5.56 Å². The molecule has 0 aliphatic heterocycles. The summed E-state index contributed by atoms with van der Waals surface area (Å²) in [5.41, 5.74) is 0.798. The Morgan fingerprint density at radius 2 is 1.84 bits per heavy atom. The summed E-state index contributed by atoms with van der Waals surface area (Å²) < 4.78 is 26.4. The van der Waals surface area contributed by atoms with Gasteiger partial charge in [0.15, 0.2) is 11.0 Å². The second kappa shape index (κ2) is 5.32. The van der Waals surface area contributed by atoms with Crippen molar-refractivity contribution in [1.29, 1.82) is 0 Å². The minimum Gasteiger partial charge on any atom is -0.262 e. The Labute approximate surface area is 120 Å². The molecule has 0 unspecified atom stereocenters. The van der Waals surface area contributed by atoms with E-state index in [4.69, 9.17) is 23.2 Å². The molecule has 0 atom stereocenters. The number of halogens is 2. The van der Waals surface area contributed by atoms with Gasteiger partial charge in [-0.3, -0.25) is 4.72 Å². The summed E-state index contributed by atoms with van der Waals surface area (Å²) in [6.45, 7) is 1.79. The van der Waals surface area contributed by atoms with Gasteiger partial charge in [0, 0.05) is 5.02 Å². The van der Waals surface area contributed by atoms with Gasteiger partial charge in [-0.25, -0.2) is 8.42 Å². The number of anilines is 1. The van der Waals surface area contributed by atoms with Crippen LogP contribution in [0.15, 0.2) is 35.2 Å². The van der Waals surface area contributed by atoms with E-state index in [9.17, 15) is 8.42 Å². The molecule has 0 fully saturated rings. The van der Waals surface area contributed by atoms with Crippen LogP contribution in [0.4, 0.5) is 5.82 Å². The van der Waals surface area contributed by atoms with E-state index in [1.165, 1.54) is 24.3 Å². The number of aryl methyl sites for hydroxylation is 1. The number of rotatable bonds is 3. The quantitative estimate of drug-likeness (QED) is 0.944. The molecule has 0 amide bonds. The zero-order valence-electron chi connectivity index (χ0n) is 9.76. The van der Waals surface area contributed by atoms with Gasteiger partial charge in [0.25, 0.3) is 10.0 Å². The maximum Gasteiger partial charge on any atom is 0.263 e. The molecule has 0 bridgehead atoms. The number of sulfonamides is 1. The molecule has 0 saturated carbocycles. The maximum atomic E-state index is 12.1. The summed E-state index contributed by atoms with van der Waals surface area (Å²) in [6.07, 6.45) is 0. The van der Waals surface area contributed by atoms with E-state index in [1.54, 1.807) is 13.0 Å². The first kappa shape index (κ1) is 14.0. The van der Waals surface area contributed by atoms with Crippen molar-refractivity contribution >= 4 is 39.0 Å². The molecule has 19 heavy (non-hydrogen) atoms. The number of nitrogens with one attached hydrogen (secondary N) is 1. The van der Waals surface area contributed by atoms with Gasteiger partial charge in [0.05, 0.1) is 4.90 Å². The lowest BCUT2D eigenvalue weighted by atomic mass is 10.2. The van der Waals surface area contributed by atoms with Gasteiger partial charge in [-0.1, -0.05) is 29.3 Å². The van der Waals surface area contributed by atoms with E-state index in [1.807, 2.05) is 0 Å². The lowest BCUT2D eigenvalue weighted by molar-refractivity contribution is 0.601. The lowest BCUT2D eigenvalue weighted by Gasteiger charge is -2.07. The van der Waals surface area contributed by atoms with Crippen molar-refractivity contribution in [1.82, 2.24) is 10.2 Å². The summed E-state index contributed by atoms with van der Waals surface area (Å²) in [5.74, 6) is 0.0843. The monoisotopic (exact) mass is 317 g/mol. The van der Waals surface area contributed by atoms with Gasteiger partial charge in [-0.15, -0.1) is 10.2 Å². The van der Waals surface area contributed by atoms with Crippen molar-refractivity contribution in [2.24, 2.45) is 0 Å². The Morgan fingerprint density at radius 1 is 1.11 bits per heavy atom. The van der Waals surface area contributed by atoms with E-state index in [2.05, 4.69) is 14.9 Å². The average molecular weight is 318 g/mol. The summed E-state index contributed by atoms with van der Waals surface area (Å²) in [6, 6.07) is 7.33. The van der Waals surface area contributed by atoms with E-state index in [-0.39, 0.29) is 15.9 Å². The molecule has 0 spiro atoms. The van der Waals surface area contributed by atoms with E-state index in [0.717, 1.165) is 5.56 Å². The highest BCUT2D eigenvalue weighted by molar-refractivity contribution is 7.92. The standard InChI is InChI=1S/C11H9Cl2N3O2S/c1-7-2-3-8(6-9(7)12)19(17,18)16-11-5-4-10(13)14-15-11/h2-6H,1H3,(H,15,16). The van der Waals surface area contributed by atoms with Crippen molar-refractivity contribution in [2.45, 2.75) is 11.8 Å². The molecule has 2 aromatic rings. The highest BCUT2D eigenvalue weighted by Gasteiger charge is 2.16. The molecular weight excluding hydrogens is 309 g/mol. The molecular formula is C11H9Cl2N3O2S. The highest BCUT2D eigenvalue weighted by atomic mass is 35.5. The van der Waals surface area contributed by atoms with Crippen LogP contribution in [0.5, 0.6) is 0 Å². The predicted molar refractivity (Wildman–Crippen MR) is 74.0 cm³/mol. The first-order valence-corrected chi connectivity index (χ1v) is 7.40. The molecule has 0 radical (unpaired) electrons. The summed E-state index contributed by atoms with van der Waals surface area (Å²) in [4.78, 5) is 0.0554. The Hall–Kier alpha value is -1.37.